The Hall–Kier alpha value is -3.07. The van der Waals surface area contributed by atoms with Crippen molar-refractivity contribution >= 4 is 6.29 Å². The summed E-state index contributed by atoms with van der Waals surface area (Å²) >= 11 is 0. The number of hydrogen-bond acceptors (Lipinski definition) is 3. The van der Waals surface area contributed by atoms with Crippen LogP contribution in [0.4, 0.5) is 0 Å². The summed E-state index contributed by atoms with van der Waals surface area (Å²) in [7, 11) is 0. The second-order valence-electron chi connectivity index (χ2n) is 4.69. The molecule has 22 heavy (non-hydrogen) atoms. The number of para-hydroxylation sites is 2. The Morgan fingerprint density at radius 1 is 0.591 bits per heavy atom. The lowest BCUT2D eigenvalue weighted by Gasteiger charge is -2.10. The predicted octanol–water partition coefficient (Wildman–Crippen LogP) is 5.08. The van der Waals surface area contributed by atoms with Crippen molar-refractivity contribution in [2.45, 2.75) is 0 Å². The summed E-state index contributed by atoms with van der Waals surface area (Å²) in [6.45, 7) is 0. The van der Waals surface area contributed by atoms with Crippen LogP contribution in [0, 0.1) is 0 Å². The standard InChI is InChI=1S/C19H14O3/c20-14-15-11-18(21-16-7-3-1-4-8-16)13-19(12-15)22-17-9-5-2-6-10-17/h1-14H. The lowest BCUT2D eigenvalue weighted by molar-refractivity contribution is 0.112. The Kier molecular flexibility index (Phi) is 4.16. The van der Waals surface area contributed by atoms with Crippen LogP contribution in [0.25, 0.3) is 0 Å². The van der Waals surface area contributed by atoms with E-state index in [2.05, 4.69) is 0 Å². The molecule has 0 aromatic heterocycles. The van der Waals surface area contributed by atoms with Crippen molar-refractivity contribution in [3.05, 3.63) is 84.4 Å². The van der Waals surface area contributed by atoms with E-state index in [9.17, 15) is 4.79 Å². The zero-order chi connectivity index (χ0) is 15.2. The van der Waals surface area contributed by atoms with Crippen LogP contribution in [-0.4, -0.2) is 6.29 Å². The molecule has 3 aromatic carbocycles. The Morgan fingerprint density at radius 3 is 1.45 bits per heavy atom. The first-order valence-corrected chi connectivity index (χ1v) is 6.89. The molecule has 108 valence electrons. The normalized spacial score (nSPS) is 10.0. The Labute approximate surface area is 128 Å². The summed E-state index contributed by atoms with van der Waals surface area (Å²) in [5.74, 6) is 2.52. The maximum Gasteiger partial charge on any atom is 0.150 e. The van der Waals surface area contributed by atoms with E-state index in [0.717, 1.165) is 6.29 Å². The van der Waals surface area contributed by atoms with Gasteiger partial charge in [0.1, 0.15) is 29.3 Å². The molecule has 0 radical (unpaired) electrons. The summed E-state index contributed by atoms with van der Waals surface area (Å²) in [6.07, 6.45) is 0.774. The van der Waals surface area contributed by atoms with E-state index in [1.807, 2.05) is 60.7 Å². The second kappa shape index (κ2) is 6.59. The maximum atomic E-state index is 11.1. The molecule has 0 N–H and O–H groups in total. The van der Waals surface area contributed by atoms with Crippen LogP contribution >= 0.6 is 0 Å². The van der Waals surface area contributed by atoms with Crippen molar-refractivity contribution in [2.24, 2.45) is 0 Å². The summed E-state index contributed by atoms with van der Waals surface area (Å²) < 4.78 is 11.5. The minimum atomic E-state index is 0.499. The molecule has 0 aliphatic carbocycles. The van der Waals surface area contributed by atoms with Crippen LogP contribution < -0.4 is 9.47 Å². The number of benzene rings is 3. The van der Waals surface area contributed by atoms with Gasteiger partial charge >= 0.3 is 0 Å². The number of aldehydes is 1. The van der Waals surface area contributed by atoms with Crippen molar-refractivity contribution in [3.63, 3.8) is 0 Å². The number of hydrogen-bond donors (Lipinski definition) is 0. The van der Waals surface area contributed by atoms with Gasteiger partial charge in [-0.25, -0.2) is 0 Å². The van der Waals surface area contributed by atoms with Gasteiger partial charge in [0, 0.05) is 11.6 Å². The molecule has 3 heteroatoms. The third kappa shape index (κ3) is 3.52. The van der Waals surface area contributed by atoms with E-state index in [0.29, 0.717) is 28.6 Å². The highest BCUT2D eigenvalue weighted by Crippen LogP contribution is 2.29. The van der Waals surface area contributed by atoms with Crippen LogP contribution in [0.1, 0.15) is 10.4 Å². The van der Waals surface area contributed by atoms with Gasteiger partial charge in [-0.15, -0.1) is 0 Å². The molecule has 0 aliphatic rings. The zero-order valence-corrected chi connectivity index (χ0v) is 11.8. The van der Waals surface area contributed by atoms with Crippen LogP contribution in [0.2, 0.25) is 0 Å². The molecule has 3 aromatic rings. The van der Waals surface area contributed by atoms with Crippen molar-refractivity contribution < 1.29 is 14.3 Å². The highest BCUT2D eigenvalue weighted by Gasteiger charge is 2.05. The topological polar surface area (TPSA) is 35.5 Å². The molecular formula is C19H14O3. The summed E-state index contributed by atoms with van der Waals surface area (Å²) in [6, 6.07) is 23.9. The van der Waals surface area contributed by atoms with Gasteiger partial charge in [-0.3, -0.25) is 4.79 Å². The summed E-state index contributed by atoms with van der Waals surface area (Å²) in [4.78, 5) is 11.1. The molecule has 0 aliphatic heterocycles. The first-order chi connectivity index (χ1) is 10.8. The largest absolute Gasteiger partial charge is 0.457 e. The van der Waals surface area contributed by atoms with Gasteiger partial charge in [0.15, 0.2) is 0 Å². The fourth-order valence-electron chi connectivity index (χ4n) is 2.03. The van der Waals surface area contributed by atoms with Gasteiger partial charge in [-0.05, 0) is 36.4 Å². The third-order valence-electron chi connectivity index (χ3n) is 3.00. The highest BCUT2D eigenvalue weighted by molar-refractivity contribution is 5.76. The molecule has 0 atom stereocenters. The monoisotopic (exact) mass is 290 g/mol. The number of rotatable bonds is 5. The van der Waals surface area contributed by atoms with Crippen molar-refractivity contribution in [1.82, 2.24) is 0 Å². The zero-order valence-electron chi connectivity index (χ0n) is 11.8. The fourth-order valence-corrected chi connectivity index (χ4v) is 2.03. The van der Waals surface area contributed by atoms with E-state index < -0.39 is 0 Å². The number of carbonyl (C=O) groups is 1. The van der Waals surface area contributed by atoms with E-state index in [-0.39, 0.29) is 0 Å². The van der Waals surface area contributed by atoms with Crippen molar-refractivity contribution in [3.8, 4) is 23.0 Å². The van der Waals surface area contributed by atoms with Gasteiger partial charge in [0.05, 0.1) is 0 Å². The smallest absolute Gasteiger partial charge is 0.150 e. The third-order valence-corrected chi connectivity index (χ3v) is 3.00. The average Bonchev–Trinajstić information content (AvgIpc) is 2.56. The molecule has 0 spiro atoms. The van der Waals surface area contributed by atoms with Gasteiger partial charge < -0.3 is 9.47 Å². The quantitative estimate of drug-likeness (QED) is 0.614. The molecule has 0 fully saturated rings. The van der Waals surface area contributed by atoms with Crippen molar-refractivity contribution in [2.75, 3.05) is 0 Å². The maximum absolute atomic E-state index is 11.1. The molecule has 3 rings (SSSR count). The molecule has 3 nitrogen and oxygen atoms in total. The fraction of sp³-hybridized carbons (Fsp3) is 0. The SMILES string of the molecule is O=Cc1cc(Oc2ccccc2)cc(Oc2ccccc2)c1. The molecule has 0 bridgehead atoms. The van der Waals surface area contributed by atoms with E-state index in [4.69, 9.17) is 9.47 Å². The molecule has 0 saturated carbocycles. The van der Waals surface area contributed by atoms with Crippen LogP contribution in [0.3, 0.4) is 0 Å². The molecular weight excluding hydrogens is 276 g/mol. The Bertz CT molecular complexity index is 692. The van der Waals surface area contributed by atoms with Crippen LogP contribution in [0.15, 0.2) is 78.9 Å². The van der Waals surface area contributed by atoms with Crippen LogP contribution in [0.5, 0.6) is 23.0 Å². The van der Waals surface area contributed by atoms with Gasteiger partial charge in [0.2, 0.25) is 0 Å². The predicted molar refractivity (Wildman–Crippen MR) is 84.9 cm³/mol. The van der Waals surface area contributed by atoms with E-state index in [1.165, 1.54) is 0 Å². The van der Waals surface area contributed by atoms with Crippen molar-refractivity contribution in [1.29, 1.82) is 0 Å². The molecule has 0 unspecified atom stereocenters. The lowest BCUT2D eigenvalue weighted by atomic mass is 10.2. The first-order valence-electron chi connectivity index (χ1n) is 6.89. The van der Waals surface area contributed by atoms with E-state index in [1.54, 1.807) is 18.2 Å². The summed E-state index contributed by atoms with van der Waals surface area (Å²) in [5.41, 5.74) is 0.499. The number of ether oxygens (including phenoxy) is 2. The first kappa shape index (κ1) is 13.9. The Morgan fingerprint density at radius 2 is 1.05 bits per heavy atom. The minimum Gasteiger partial charge on any atom is -0.457 e. The van der Waals surface area contributed by atoms with Gasteiger partial charge in [-0.1, -0.05) is 36.4 Å². The molecule has 0 heterocycles. The van der Waals surface area contributed by atoms with Gasteiger partial charge in [0.25, 0.3) is 0 Å². The van der Waals surface area contributed by atoms with Gasteiger partial charge in [-0.2, -0.15) is 0 Å². The van der Waals surface area contributed by atoms with Crippen LogP contribution in [-0.2, 0) is 0 Å². The Balaban J connectivity index is 1.87. The minimum absolute atomic E-state index is 0.499. The molecule has 0 amide bonds. The lowest BCUT2D eigenvalue weighted by Crippen LogP contribution is -1.90. The molecule has 0 saturated heterocycles. The average molecular weight is 290 g/mol. The van der Waals surface area contributed by atoms with E-state index >= 15 is 0 Å². The second-order valence-corrected chi connectivity index (χ2v) is 4.69. The number of carbonyl (C=O) groups excluding carboxylic acids is 1. The summed E-state index contributed by atoms with van der Waals surface area (Å²) in [5, 5.41) is 0. The highest BCUT2D eigenvalue weighted by atomic mass is 16.5.